The van der Waals surface area contributed by atoms with E-state index in [9.17, 15) is 10.1 Å². The molecule has 1 amide bonds. The minimum atomic E-state index is -0.493. The van der Waals surface area contributed by atoms with E-state index < -0.39 is 5.60 Å². The van der Waals surface area contributed by atoms with Gasteiger partial charge in [-0.05, 0) is 106 Å². The Morgan fingerprint density at radius 1 is 1.20 bits per heavy atom. The molecule has 1 saturated heterocycles. The number of nitrogens with one attached hydrogen (secondary N) is 1. The summed E-state index contributed by atoms with van der Waals surface area (Å²) in [5, 5.41) is 10.4. The Morgan fingerprint density at radius 2 is 1.95 bits per heavy atom. The molecule has 1 N–H and O–H groups in total. The van der Waals surface area contributed by atoms with Crippen molar-refractivity contribution in [2.45, 2.75) is 76.4 Å². The summed E-state index contributed by atoms with van der Waals surface area (Å²) < 4.78 is 5.61. The number of ether oxygens (including phenoxy) is 1. The number of carbonyl (C=O) groups is 1. The number of hydrogen-bond acceptors (Lipinski definition) is 5. The fraction of sp³-hybridized carbons (Fsp3) is 0.531. The molecule has 1 unspecified atom stereocenters. The van der Waals surface area contributed by atoms with Crippen molar-refractivity contribution in [1.29, 1.82) is 5.26 Å². The maximum absolute atomic E-state index is 12.6. The van der Waals surface area contributed by atoms with E-state index in [4.69, 9.17) is 32.9 Å². The number of H-pyrrole nitrogens is 1. The first-order valence-electron chi connectivity index (χ1n) is 14.6. The number of aromatic amines is 1. The number of nitrogens with zero attached hydrogens (tertiary/aromatic N) is 4. The number of anilines is 1. The quantitative estimate of drug-likeness (QED) is 0.327. The maximum atomic E-state index is 12.6. The van der Waals surface area contributed by atoms with Crippen LogP contribution >= 0.6 is 23.2 Å². The van der Waals surface area contributed by atoms with Gasteiger partial charge < -0.3 is 19.5 Å². The molecule has 0 bridgehead atoms. The predicted octanol–water partition coefficient (Wildman–Crippen LogP) is 7.71. The van der Waals surface area contributed by atoms with Gasteiger partial charge in [-0.25, -0.2) is 9.78 Å². The minimum Gasteiger partial charge on any atom is -0.444 e. The summed E-state index contributed by atoms with van der Waals surface area (Å²) in [5.74, 6) is 1.89. The third kappa shape index (κ3) is 5.74. The molecule has 2 aliphatic carbocycles. The molecule has 3 aromatic rings. The molecular formula is C32H37Cl2N5O2. The van der Waals surface area contributed by atoms with Crippen molar-refractivity contribution in [3.05, 3.63) is 57.6 Å². The van der Waals surface area contributed by atoms with Crippen molar-refractivity contribution in [2.24, 2.45) is 11.8 Å². The number of imidazole rings is 1. The van der Waals surface area contributed by atoms with Gasteiger partial charge >= 0.3 is 6.09 Å². The van der Waals surface area contributed by atoms with Crippen LogP contribution < -0.4 is 4.90 Å². The average Bonchev–Trinajstić information content (AvgIpc) is 3.56. The molecule has 1 aliphatic heterocycles. The lowest BCUT2D eigenvalue weighted by atomic mass is 9.79. The standard InChI is InChI=1S/C32H37Cl2N5O2/c1-31(2,3)41-30(40)38-11-8-20(9-12-38)19-39(29-36-27-15-25(33)26(34)16-28(27)37-29)24-7-10-32(17-23(32)14-24)22-6-4-5-21(13-22)18-35/h4-6,13,15-16,20,23-24H,7-12,14,17,19H2,1-3H3,(H,36,37)/t23?,24-,32-/m1/s1. The second-order valence-corrected chi connectivity index (χ2v) is 13.9. The van der Waals surface area contributed by atoms with E-state index in [0.717, 1.165) is 61.2 Å². The van der Waals surface area contributed by atoms with Crippen LogP contribution in [0.15, 0.2) is 36.4 Å². The highest BCUT2D eigenvalue weighted by molar-refractivity contribution is 6.42. The molecule has 2 aromatic carbocycles. The number of amides is 1. The van der Waals surface area contributed by atoms with E-state index in [2.05, 4.69) is 28.1 Å². The first kappa shape index (κ1) is 28.2. The normalized spacial score (nSPS) is 24.5. The van der Waals surface area contributed by atoms with Crippen LogP contribution in [0.25, 0.3) is 11.0 Å². The van der Waals surface area contributed by atoms with Gasteiger partial charge in [-0.15, -0.1) is 0 Å². The fourth-order valence-electron chi connectivity index (χ4n) is 6.98. The molecule has 9 heteroatoms. The number of carbonyl (C=O) groups excluding carboxylic acids is 1. The van der Waals surface area contributed by atoms with Crippen LogP contribution in [0.1, 0.15) is 70.4 Å². The number of hydrogen-bond donors (Lipinski definition) is 1. The van der Waals surface area contributed by atoms with Crippen LogP contribution in [0.4, 0.5) is 10.7 Å². The van der Waals surface area contributed by atoms with Crippen LogP contribution in [0.3, 0.4) is 0 Å². The lowest BCUT2D eigenvalue weighted by Gasteiger charge is -2.40. The van der Waals surface area contributed by atoms with Gasteiger partial charge in [0.15, 0.2) is 0 Å². The topological polar surface area (TPSA) is 85.2 Å². The molecule has 1 aromatic heterocycles. The molecule has 3 atom stereocenters. The van der Waals surface area contributed by atoms with Gasteiger partial charge in [0.05, 0.1) is 32.7 Å². The van der Waals surface area contributed by atoms with Gasteiger partial charge in [-0.2, -0.15) is 5.26 Å². The molecular weight excluding hydrogens is 557 g/mol. The third-order valence-electron chi connectivity index (χ3n) is 9.22. The summed E-state index contributed by atoms with van der Waals surface area (Å²) in [7, 11) is 0. The maximum Gasteiger partial charge on any atom is 0.410 e. The summed E-state index contributed by atoms with van der Waals surface area (Å²) in [4.78, 5) is 25.5. The average molecular weight is 595 g/mol. The molecule has 0 spiro atoms. The smallest absolute Gasteiger partial charge is 0.410 e. The van der Waals surface area contributed by atoms with Gasteiger partial charge in [0.1, 0.15) is 5.60 Å². The van der Waals surface area contributed by atoms with Gasteiger partial charge in [-0.3, -0.25) is 0 Å². The van der Waals surface area contributed by atoms with Crippen molar-refractivity contribution in [3.63, 3.8) is 0 Å². The van der Waals surface area contributed by atoms with Gasteiger partial charge in [0.25, 0.3) is 0 Å². The lowest BCUT2D eigenvalue weighted by Crippen LogP contribution is -2.46. The van der Waals surface area contributed by atoms with Crippen LogP contribution in [0, 0.1) is 23.2 Å². The van der Waals surface area contributed by atoms with Crippen molar-refractivity contribution in [1.82, 2.24) is 14.9 Å². The summed E-state index contributed by atoms with van der Waals surface area (Å²) >= 11 is 12.6. The molecule has 6 rings (SSSR count). The van der Waals surface area contributed by atoms with Crippen molar-refractivity contribution in [3.8, 4) is 6.07 Å². The molecule has 2 saturated carbocycles. The minimum absolute atomic E-state index is 0.197. The summed E-state index contributed by atoms with van der Waals surface area (Å²) in [6.07, 6.45) is 6.05. The second-order valence-electron chi connectivity index (χ2n) is 13.1. The van der Waals surface area contributed by atoms with Gasteiger partial charge in [0.2, 0.25) is 5.95 Å². The third-order valence-corrected chi connectivity index (χ3v) is 9.95. The highest BCUT2D eigenvalue weighted by Crippen LogP contribution is 2.63. The number of aromatic nitrogens is 2. The van der Waals surface area contributed by atoms with Crippen molar-refractivity contribution >= 4 is 46.3 Å². The zero-order valence-electron chi connectivity index (χ0n) is 23.9. The number of fused-ring (bicyclic) bond motifs is 2. The zero-order valence-corrected chi connectivity index (χ0v) is 25.4. The van der Waals surface area contributed by atoms with E-state index in [-0.39, 0.29) is 11.5 Å². The van der Waals surface area contributed by atoms with E-state index >= 15 is 0 Å². The van der Waals surface area contributed by atoms with Crippen LogP contribution in [-0.4, -0.2) is 52.2 Å². The Balaban J connectivity index is 1.20. The van der Waals surface area contributed by atoms with Crippen LogP contribution in [0.5, 0.6) is 0 Å². The zero-order chi connectivity index (χ0) is 28.9. The van der Waals surface area contributed by atoms with E-state index in [1.807, 2.05) is 49.9 Å². The number of halogens is 2. The van der Waals surface area contributed by atoms with Crippen LogP contribution in [0.2, 0.25) is 10.0 Å². The van der Waals surface area contributed by atoms with Crippen molar-refractivity contribution in [2.75, 3.05) is 24.5 Å². The van der Waals surface area contributed by atoms with Gasteiger partial charge in [0, 0.05) is 25.7 Å². The number of piperidine rings is 1. The number of likely N-dealkylation sites (tertiary alicyclic amines) is 1. The summed E-state index contributed by atoms with van der Waals surface area (Å²) in [6.45, 7) is 7.99. The summed E-state index contributed by atoms with van der Waals surface area (Å²) in [5.41, 5.74) is 3.45. The fourth-order valence-corrected chi connectivity index (χ4v) is 7.31. The Morgan fingerprint density at radius 3 is 2.66 bits per heavy atom. The molecule has 216 valence electrons. The van der Waals surface area contributed by atoms with Gasteiger partial charge in [-0.1, -0.05) is 35.3 Å². The monoisotopic (exact) mass is 593 g/mol. The first-order valence-corrected chi connectivity index (χ1v) is 15.4. The highest BCUT2D eigenvalue weighted by atomic mass is 35.5. The van der Waals surface area contributed by atoms with E-state index in [0.29, 0.717) is 41.0 Å². The Hall–Kier alpha value is -2.95. The second kappa shape index (κ2) is 10.7. The highest BCUT2D eigenvalue weighted by Gasteiger charge is 2.58. The Labute approximate surface area is 251 Å². The molecule has 3 aliphatic rings. The number of benzene rings is 2. The predicted molar refractivity (Wildman–Crippen MR) is 163 cm³/mol. The Bertz CT molecular complexity index is 1460. The van der Waals surface area contributed by atoms with Crippen molar-refractivity contribution < 1.29 is 9.53 Å². The number of rotatable bonds is 5. The SMILES string of the molecule is CC(C)(C)OC(=O)N1CCC(CN(c2nc3cc(Cl)c(Cl)cc3[nH]2)[C@@H]2CC[C@]3(c4cccc(C#N)c4)CC3C2)CC1. The molecule has 0 radical (unpaired) electrons. The largest absolute Gasteiger partial charge is 0.444 e. The molecule has 41 heavy (non-hydrogen) atoms. The van der Waals surface area contributed by atoms with E-state index in [1.165, 1.54) is 12.0 Å². The Kier molecular flexibility index (Phi) is 7.36. The van der Waals surface area contributed by atoms with E-state index in [1.54, 1.807) is 0 Å². The molecule has 7 nitrogen and oxygen atoms in total. The number of nitriles is 1. The first-order chi connectivity index (χ1) is 19.5. The molecule has 2 heterocycles. The lowest BCUT2D eigenvalue weighted by molar-refractivity contribution is 0.0185. The summed E-state index contributed by atoms with van der Waals surface area (Å²) in [6, 6.07) is 14.5. The molecule has 3 fully saturated rings. The van der Waals surface area contributed by atoms with Crippen LogP contribution in [-0.2, 0) is 10.2 Å².